The predicted molar refractivity (Wildman–Crippen MR) is 130 cm³/mol. The first-order valence-corrected chi connectivity index (χ1v) is 12.8. The fourth-order valence-electron chi connectivity index (χ4n) is 8.90. The number of Topliss-reactive ketones (excluding diaryl/α,β-unsaturated/α-hetero) is 1. The quantitative estimate of drug-likeness (QED) is 0.591. The number of ketones is 1. The number of carbonyl (C=O) groups excluding carboxylic acids is 2. The van der Waals surface area contributed by atoms with Crippen LogP contribution in [0, 0.1) is 34.0 Å². The van der Waals surface area contributed by atoms with Crippen molar-refractivity contribution in [2.75, 3.05) is 7.05 Å². The fourth-order valence-corrected chi connectivity index (χ4v) is 8.90. The molecule has 178 valence electrons. The van der Waals surface area contributed by atoms with Crippen LogP contribution in [0.1, 0.15) is 86.5 Å². The third-order valence-electron chi connectivity index (χ3n) is 10.4. The predicted octanol–water partition coefficient (Wildman–Crippen LogP) is 5.19. The van der Waals surface area contributed by atoms with Crippen LogP contribution in [-0.4, -0.2) is 30.8 Å². The molecule has 0 saturated heterocycles. The van der Waals surface area contributed by atoms with Gasteiger partial charge in [0.2, 0.25) is 5.91 Å². The van der Waals surface area contributed by atoms with E-state index >= 15 is 0 Å². The van der Waals surface area contributed by atoms with Crippen LogP contribution in [0.3, 0.4) is 0 Å². The number of fused-ring (bicyclic) bond motifs is 5. The van der Waals surface area contributed by atoms with Gasteiger partial charge in [-0.05, 0) is 112 Å². The fraction of sp³-hybridized carbons (Fsp3) is 0.786. The van der Waals surface area contributed by atoms with Gasteiger partial charge in [-0.15, -0.1) is 0 Å². The molecule has 1 amide bonds. The third-order valence-corrected chi connectivity index (χ3v) is 10.4. The molecule has 3 saturated carbocycles. The molecule has 32 heavy (non-hydrogen) atoms. The van der Waals surface area contributed by atoms with E-state index in [-0.39, 0.29) is 28.6 Å². The highest BCUT2D eigenvalue weighted by Crippen LogP contribution is 2.71. The maximum Gasteiger partial charge on any atom is 0.244 e. The molecule has 8 atom stereocenters. The molecule has 4 aliphatic rings. The number of hydrogen-bond acceptors (Lipinski definition) is 3. The van der Waals surface area contributed by atoms with Crippen LogP contribution >= 0.6 is 0 Å². The van der Waals surface area contributed by atoms with Crippen LogP contribution in [0.2, 0.25) is 0 Å². The summed E-state index contributed by atoms with van der Waals surface area (Å²) in [5.74, 6) is 2.02. The van der Waals surface area contributed by atoms with Gasteiger partial charge < -0.3 is 10.6 Å². The molecule has 2 N–H and O–H groups in total. The van der Waals surface area contributed by atoms with Gasteiger partial charge in [0.1, 0.15) is 0 Å². The molecule has 0 aliphatic heterocycles. The molecule has 4 rings (SSSR count). The Labute approximate surface area is 195 Å². The van der Waals surface area contributed by atoms with Crippen LogP contribution in [0.15, 0.2) is 23.3 Å². The highest BCUT2D eigenvalue weighted by molar-refractivity contribution is 6.04. The number of amides is 1. The summed E-state index contributed by atoms with van der Waals surface area (Å²) in [7, 11) is 2.10. The molecule has 0 heterocycles. The SMILES string of the molecule is CN[C@@H](C)[C@H]1CC[C@H]2[C@]1(C)CC[C@@H]1[C@@]2(C)CC=C2C(=O)[C@@H](NC(=O)C=C(C)C)CC[C@@]21C. The Morgan fingerprint density at radius 3 is 2.44 bits per heavy atom. The van der Waals surface area contributed by atoms with E-state index in [1.54, 1.807) is 6.08 Å². The Morgan fingerprint density at radius 1 is 1.06 bits per heavy atom. The maximum absolute atomic E-state index is 13.5. The van der Waals surface area contributed by atoms with Crippen molar-refractivity contribution in [3.63, 3.8) is 0 Å². The van der Waals surface area contributed by atoms with E-state index in [4.69, 9.17) is 0 Å². The Morgan fingerprint density at radius 2 is 1.78 bits per heavy atom. The summed E-state index contributed by atoms with van der Waals surface area (Å²) in [6, 6.07) is 0.180. The summed E-state index contributed by atoms with van der Waals surface area (Å²) in [4.78, 5) is 25.8. The van der Waals surface area contributed by atoms with Gasteiger partial charge in [-0.3, -0.25) is 9.59 Å². The summed E-state index contributed by atoms with van der Waals surface area (Å²) in [6.07, 6.45) is 11.7. The monoisotopic (exact) mass is 440 g/mol. The second kappa shape index (κ2) is 8.11. The molecule has 0 unspecified atom stereocenters. The zero-order chi connectivity index (χ0) is 23.5. The third kappa shape index (κ3) is 3.43. The van der Waals surface area contributed by atoms with E-state index in [1.807, 2.05) is 13.8 Å². The lowest BCUT2D eigenvalue weighted by molar-refractivity contribution is -0.133. The van der Waals surface area contributed by atoms with Crippen molar-refractivity contribution in [2.24, 2.45) is 34.0 Å². The minimum Gasteiger partial charge on any atom is -0.342 e. The normalized spacial score (nSPS) is 44.0. The minimum atomic E-state index is -0.372. The number of rotatable bonds is 4. The van der Waals surface area contributed by atoms with Crippen LogP contribution in [0.25, 0.3) is 0 Å². The first kappa shape index (κ1) is 23.7. The highest BCUT2D eigenvalue weighted by Gasteiger charge is 2.64. The van der Waals surface area contributed by atoms with Gasteiger partial charge in [0.25, 0.3) is 0 Å². The molecular weight excluding hydrogens is 396 g/mol. The van der Waals surface area contributed by atoms with Gasteiger partial charge in [0, 0.05) is 12.1 Å². The van der Waals surface area contributed by atoms with Crippen LogP contribution in [0.5, 0.6) is 0 Å². The lowest BCUT2D eigenvalue weighted by Crippen LogP contribution is -2.59. The van der Waals surface area contributed by atoms with E-state index in [1.165, 1.54) is 25.7 Å². The summed E-state index contributed by atoms with van der Waals surface area (Å²) in [6.45, 7) is 13.6. The Bertz CT molecular complexity index is 855. The van der Waals surface area contributed by atoms with Crippen molar-refractivity contribution in [1.82, 2.24) is 10.6 Å². The molecule has 0 spiro atoms. The average Bonchev–Trinajstić information content (AvgIpc) is 3.07. The van der Waals surface area contributed by atoms with E-state index in [2.05, 4.69) is 51.5 Å². The molecule has 0 bridgehead atoms. The zero-order valence-electron chi connectivity index (χ0n) is 21.3. The molecule has 0 radical (unpaired) electrons. The van der Waals surface area contributed by atoms with Gasteiger partial charge in [-0.1, -0.05) is 32.4 Å². The van der Waals surface area contributed by atoms with E-state index < -0.39 is 0 Å². The van der Waals surface area contributed by atoms with Gasteiger partial charge in [-0.2, -0.15) is 0 Å². The topological polar surface area (TPSA) is 58.2 Å². The maximum atomic E-state index is 13.5. The van der Waals surface area contributed by atoms with Crippen molar-refractivity contribution in [3.05, 3.63) is 23.3 Å². The first-order valence-electron chi connectivity index (χ1n) is 12.8. The lowest BCUT2D eigenvalue weighted by Gasteiger charge is -2.63. The summed E-state index contributed by atoms with van der Waals surface area (Å²) >= 11 is 0. The van der Waals surface area contributed by atoms with Gasteiger partial charge >= 0.3 is 0 Å². The van der Waals surface area contributed by atoms with E-state index in [0.29, 0.717) is 17.4 Å². The summed E-state index contributed by atoms with van der Waals surface area (Å²) in [5.41, 5.74) is 2.54. The molecule has 0 aromatic carbocycles. The van der Waals surface area contributed by atoms with Crippen molar-refractivity contribution in [1.29, 1.82) is 0 Å². The Hall–Kier alpha value is -1.42. The van der Waals surface area contributed by atoms with E-state index in [0.717, 1.165) is 42.2 Å². The number of hydrogen-bond donors (Lipinski definition) is 2. The van der Waals surface area contributed by atoms with Crippen LogP contribution in [0.4, 0.5) is 0 Å². The molecule has 4 heteroatoms. The number of carbonyl (C=O) groups is 2. The molecule has 4 aliphatic carbocycles. The van der Waals surface area contributed by atoms with Gasteiger partial charge in [0.15, 0.2) is 5.78 Å². The van der Waals surface area contributed by atoms with Gasteiger partial charge in [-0.25, -0.2) is 0 Å². The molecule has 3 fully saturated rings. The van der Waals surface area contributed by atoms with Gasteiger partial charge in [0.05, 0.1) is 6.04 Å². The summed E-state index contributed by atoms with van der Waals surface area (Å²) in [5, 5.41) is 6.53. The zero-order valence-corrected chi connectivity index (χ0v) is 21.3. The van der Waals surface area contributed by atoms with Crippen molar-refractivity contribution >= 4 is 11.7 Å². The largest absolute Gasteiger partial charge is 0.342 e. The minimum absolute atomic E-state index is 0.0597. The van der Waals surface area contributed by atoms with Crippen molar-refractivity contribution in [2.45, 2.75) is 98.6 Å². The van der Waals surface area contributed by atoms with Crippen molar-refractivity contribution < 1.29 is 9.59 Å². The molecule has 4 nitrogen and oxygen atoms in total. The molecule has 0 aromatic heterocycles. The number of nitrogens with one attached hydrogen (secondary N) is 2. The Balaban J connectivity index is 1.61. The first-order chi connectivity index (χ1) is 15.0. The van der Waals surface area contributed by atoms with E-state index in [9.17, 15) is 9.59 Å². The second-order valence-electron chi connectivity index (χ2n) is 12.3. The summed E-state index contributed by atoms with van der Waals surface area (Å²) < 4.78 is 0. The Kier molecular flexibility index (Phi) is 6.01. The van der Waals surface area contributed by atoms with Crippen LogP contribution < -0.4 is 10.6 Å². The second-order valence-corrected chi connectivity index (χ2v) is 12.3. The van der Waals surface area contributed by atoms with Crippen molar-refractivity contribution in [3.8, 4) is 0 Å². The average molecular weight is 441 g/mol. The number of allylic oxidation sites excluding steroid dienone is 2. The molecular formula is C28H44N2O2. The smallest absolute Gasteiger partial charge is 0.244 e. The highest BCUT2D eigenvalue weighted by atomic mass is 16.2. The van der Waals surface area contributed by atoms with Crippen LogP contribution in [-0.2, 0) is 9.59 Å². The lowest BCUT2D eigenvalue weighted by atomic mass is 9.41. The standard InChI is InChI=1S/C28H44N2O2/c1-17(2)16-24(31)30-21-11-14-27(5)20(25(21)32)10-13-28(6)22-9-8-19(18(3)29-7)26(22,4)15-12-23(27)28/h10,16,18-19,21-23,29H,8-9,11-15H2,1-7H3,(H,30,31)/t18-,19+,21-,22-,23-,26+,27-,28-/m0/s1. The molecule has 0 aromatic rings.